The first-order valence-corrected chi connectivity index (χ1v) is 5.30. The van der Waals surface area contributed by atoms with Crippen molar-refractivity contribution in [1.82, 2.24) is 15.0 Å². The molecule has 15 heavy (non-hydrogen) atoms. The van der Waals surface area contributed by atoms with Gasteiger partial charge in [0.15, 0.2) is 11.3 Å². The van der Waals surface area contributed by atoms with Crippen LogP contribution in [0.1, 0.15) is 0 Å². The molecule has 0 unspecified atom stereocenters. The smallest absolute Gasteiger partial charge is 0.161 e. The summed E-state index contributed by atoms with van der Waals surface area (Å²) in [5, 5.41) is 0. The molecule has 3 nitrogen and oxygen atoms in total. The molecule has 0 fully saturated rings. The summed E-state index contributed by atoms with van der Waals surface area (Å²) in [6.45, 7) is 0. The molecule has 1 radical (unpaired) electrons. The SMILES string of the molecule is [c]1nc2c(-c3ncccn3)cccc2s1. The maximum absolute atomic E-state index is 4.22. The fourth-order valence-corrected chi connectivity index (χ4v) is 2.09. The lowest BCUT2D eigenvalue weighted by Crippen LogP contribution is -1.87. The maximum atomic E-state index is 4.22. The van der Waals surface area contributed by atoms with Gasteiger partial charge < -0.3 is 0 Å². The molecule has 0 amide bonds. The van der Waals surface area contributed by atoms with Crippen LogP contribution in [0.15, 0.2) is 36.7 Å². The Morgan fingerprint density at radius 2 is 1.93 bits per heavy atom. The Hall–Kier alpha value is -1.81. The lowest BCUT2D eigenvalue weighted by Gasteiger charge is -1.99. The molecule has 71 valence electrons. The first-order valence-electron chi connectivity index (χ1n) is 4.48. The number of rotatable bonds is 1. The van der Waals surface area contributed by atoms with E-state index in [1.165, 1.54) is 11.3 Å². The lowest BCUT2D eigenvalue weighted by atomic mass is 10.2. The van der Waals surface area contributed by atoms with Crippen molar-refractivity contribution in [3.8, 4) is 11.4 Å². The van der Waals surface area contributed by atoms with E-state index in [-0.39, 0.29) is 0 Å². The molecule has 0 aliphatic rings. The van der Waals surface area contributed by atoms with Crippen molar-refractivity contribution in [1.29, 1.82) is 0 Å². The molecule has 0 aliphatic heterocycles. The molecule has 0 N–H and O–H groups in total. The van der Waals surface area contributed by atoms with Gasteiger partial charge in [-0.1, -0.05) is 6.07 Å². The molecule has 2 aromatic heterocycles. The van der Waals surface area contributed by atoms with Crippen molar-refractivity contribution in [2.45, 2.75) is 0 Å². The van der Waals surface area contributed by atoms with Crippen LogP contribution in [0.25, 0.3) is 21.6 Å². The molecule has 0 spiro atoms. The van der Waals surface area contributed by atoms with Crippen molar-refractivity contribution in [2.24, 2.45) is 0 Å². The molecule has 0 bridgehead atoms. The van der Waals surface area contributed by atoms with E-state index in [0.29, 0.717) is 5.82 Å². The van der Waals surface area contributed by atoms with Gasteiger partial charge in [-0.2, -0.15) is 0 Å². The minimum atomic E-state index is 0.711. The van der Waals surface area contributed by atoms with Crippen LogP contribution in [0.4, 0.5) is 0 Å². The van der Waals surface area contributed by atoms with Crippen molar-refractivity contribution in [3.05, 3.63) is 42.2 Å². The highest BCUT2D eigenvalue weighted by Gasteiger charge is 2.07. The highest BCUT2D eigenvalue weighted by molar-refractivity contribution is 7.16. The second-order valence-corrected chi connectivity index (χ2v) is 3.86. The molecule has 0 aliphatic carbocycles. The van der Waals surface area contributed by atoms with Crippen LogP contribution in [-0.2, 0) is 0 Å². The molecule has 3 aromatic rings. The third kappa shape index (κ3) is 1.39. The molecular formula is C11H6N3S. The minimum absolute atomic E-state index is 0.711. The summed E-state index contributed by atoms with van der Waals surface area (Å²) in [5.41, 5.74) is 4.77. The zero-order chi connectivity index (χ0) is 10.1. The van der Waals surface area contributed by atoms with Crippen LogP contribution < -0.4 is 0 Å². The lowest BCUT2D eigenvalue weighted by molar-refractivity contribution is 1.18. The van der Waals surface area contributed by atoms with Crippen LogP contribution in [0.5, 0.6) is 0 Å². The number of para-hydroxylation sites is 1. The van der Waals surface area contributed by atoms with Gasteiger partial charge in [0, 0.05) is 18.0 Å². The van der Waals surface area contributed by atoms with Gasteiger partial charge in [-0.05, 0) is 18.2 Å². The standard InChI is InChI=1S/C11H6N3S/c1-3-8(11-12-5-2-6-13-11)10-9(4-1)15-7-14-10/h1-6H. The van der Waals surface area contributed by atoms with Gasteiger partial charge in [-0.25, -0.2) is 15.0 Å². The van der Waals surface area contributed by atoms with Crippen molar-refractivity contribution in [3.63, 3.8) is 0 Å². The zero-order valence-electron chi connectivity index (χ0n) is 7.71. The number of hydrogen-bond acceptors (Lipinski definition) is 4. The van der Waals surface area contributed by atoms with Crippen molar-refractivity contribution in [2.75, 3.05) is 0 Å². The van der Waals surface area contributed by atoms with E-state index < -0.39 is 0 Å². The summed E-state index contributed by atoms with van der Waals surface area (Å²) in [5.74, 6) is 0.711. The number of nitrogens with zero attached hydrogens (tertiary/aromatic N) is 3. The van der Waals surface area contributed by atoms with Crippen molar-refractivity contribution < 1.29 is 0 Å². The predicted octanol–water partition coefficient (Wildman–Crippen LogP) is 2.55. The van der Waals surface area contributed by atoms with E-state index in [1.54, 1.807) is 18.5 Å². The Balaban J connectivity index is 2.31. The Bertz CT molecular complexity index is 589. The van der Waals surface area contributed by atoms with Gasteiger partial charge in [-0.15, -0.1) is 11.3 Å². The monoisotopic (exact) mass is 212 g/mol. The summed E-state index contributed by atoms with van der Waals surface area (Å²) >= 11 is 1.50. The molecule has 3 rings (SSSR count). The van der Waals surface area contributed by atoms with Gasteiger partial charge in [0.1, 0.15) is 0 Å². The van der Waals surface area contributed by atoms with Crippen molar-refractivity contribution >= 4 is 21.6 Å². The van der Waals surface area contributed by atoms with E-state index >= 15 is 0 Å². The number of benzene rings is 1. The molecular weight excluding hydrogens is 206 g/mol. The van der Waals surface area contributed by atoms with Crippen LogP contribution in [0, 0.1) is 5.51 Å². The Morgan fingerprint density at radius 3 is 2.80 bits per heavy atom. The molecule has 1 aromatic carbocycles. The van der Waals surface area contributed by atoms with Crippen LogP contribution in [0.2, 0.25) is 0 Å². The third-order valence-electron chi connectivity index (χ3n) is 2.12. The first-order chi connectivity index (χ1) is 7.45. The number of aromatic nitrogens is 3. The van der Waals surface area contributed by atoms with Gasteiger partial charge in [0.25, 0.3) is 0 Å². The van der Waals surface area contributed by atoms with Gasteiger partial charge >= 0.3 is 0 Å². The third-order valence-corrected chi connectivity index (χ3v) is 2.85. The van der Waals surface area contributed by atoms with Crippen LogP contribution in [0.3, 0.4) is 0 Å². The summed E-state index contributed by atoms with van der Waals surface area (Å²) in [4.78, 5) is 12.6. The highest BCUT2D eigenvalue weighted by Crippen LogP contribution is 2.26. The van der Waals surface area contributed by atoms with Crippen LogP contribution >= 0.6 is 11.3 Å². The van der Waals surface area contributed by atoms with E-state index in [2.05, 4.69) is 20.5 Å². The molecule has 0 atom stereocenters. The van der Waals surface area contributed by atoms with Crippen LogP contribution in [-0.4, -0.2) is 15.0 Å². The average Bonchev–Trinajstić information content (AvgIpc) is 2.78. The average molecular weight is 212 g/mol. The highest BCUT2D eigenvalue weighted by atomic mass is 32.1. The fraction of sp³-hybridized carbons (Fsp3) is 0. The predicted molar refractivity (Wildman–Crippen MR) is 59.5 cm³/mol. The number of thiazole rings is 1. The minimum Gasteiger partial charge on any atom is -0.237 e. The van der Waals surface area contributed by atoms with E-state index in [9.17, 15) is 0 Å². The second kappa shape index (κ2) is 3.40. The second-order valence-electron chi connectivity index (χ2n) is 3.03. The van der Waals surface area contributed by atoms with E-state index in [4.69, 9.17) is 0 Å². The summed E-state index contributed by atoms with van der Waals surface area (Å²) in [7, 11) is 0. The topological polar surface area (TPSA) is 38.7 Å². The largest absolute Gasteiger partial charge is 0.237 e. The Morgan fingerprint density at radius 1 is 1.07 bits per heavy atom. The van der Waals surface area contributed by atoms with E-state index in [0.717, 1.165) is 15.8 Å². The van der Waals surface area contributed by atoms with Gasteiger partial charge in [-0.3, -0.25) is 0 Å². The normalized spacial score (nSPS) is 10.7. The number of fused-ring (bicyclic) bond motifs is 1. The quantitative estimate of drug-likeness (QED) is 0.622. The Labute approximate surface area is 90.5 Å². The summed E-state index contributed by atoms with van der Waals surface area (Å²) in [6, 6.07) is 7.79. The molecule has 0 saturated carbocycles. The molecule has 2 heterocycles. The first kappa shape index (κ1) is 8.49. The zero-order valence-corrected chi connectivity index (χ0v) is 8.53. The summed E-state index contributed by atoms with van der Waals surface area (Å²) in [6.07, 6.45) is 3.47. The maximum Gasteiger partial charge on any atom is 0.161 e. The van der Waals surface area contributed by atoms with Gasteiger partial charge in [0.05, 0.1) is 10.2 Å². The van der Waals surface area contributed by atoms with E-state index in [1.807, 2.05) is 18.2 Å². The fourth-order valence-electron chi connectivity index (χ4n) is 1.46. The Kier molecular flexibility index (Phi) is 1.93. The molecule has 0 saturated heterocycles. The number of hydrogen-bond donors (Lipinski definition) is 0. The van der Waals surface area contributed by atoms with Gasteiger partial charge in [0.2, 0.25) is 0 Å². The summed E-state index contributed by atoms with van der Waals surface area (Å²) < 4.78 is 1.11. The molecule has 4 heteroatoms.